The fourth-order valence-corrected chi connectivity index (χ4v) is 2.05. The minimum atomic E-state index is -0.621. The molecule has 2 aromatic rings. The maximum Gasteiger partial charge on any atom is 0.255 e. The van der Waals surface area contributed by atoms with E-state index in [9.17, 15) is 9.59 Å². The molecule has 0 heterocycles. The third kappa shape index (κ3) is 3.32. The molecule has 0 aliphatic rings. The summed E-state index contributed by atoms with van der Waals surface area (Å²) in [6.07, 6.45) is 0. The van der Waals surface area contributed by atoms with Crippen molar-refractivity contribution in [1.29, 1.82) is 0 Å². The normalized spacial score (nSPS) is 10.2. The largest absolute Gasteiger partial charge is 0.398 e. The predicted octanol–water partition coefficient (Wildman–Crippen LogP) is 2.58. The van der Waals surface area contributed by atoms with Gasteiger partial charge in [0.05, 0.1) is 10.6 Å². The average Bonchev–Trinajstić information content (AvgIpc) is 2.41. The van der Waals surface area contributed by atoms with Gasteiger partial charge in [-0.15, -0.1) is 0 Å². The molecule has 108 valence electrons. The minimum absolute atomic E-state index is 0.184. The maximum atomic E-state index is 12.1. The van der Waals surface area contributed by atoms with Crippen LogP contribution in [-0.4, -0.2) is 11.8 Å². The highest BCUT2D eigenvalue weighted by atomic mass is 35.5. The van der Waals surface area contributed by atoms with Gasteiger partial charge in [-0.05, 0) is 42.8 Å². The molecule has 0 atom stereocenters. The van der Waals surface area contributed by atoms with Crippen LogP contribution in [0.15, 0.2) is 36.4 Å². The molecule has 0 aliphatic heterocycles. The van der Waals surface area contributed by atoms with Gasteiger partial charge in [-0.2, -0.15) is 0 Å². The van der Waals surface area contributed by atoms with E-state index in [0.29, 0.717) is 16.9 Å². The summed E-state index contributed by atoms with van der Waals surface area (Å²) in [5.41, 5.74) is 13.5. The Morgan fingerprint density at radius 2 is 1.86 bits per heavy atom. The lowest BCUT2D eigenvalue weighted by Crippen LogP contribution is -2.14. The van der Waals surface area contributed by atoms with E-state index in [1.807, 2.05) is 6.92 Å². The van der Waals surface area contributed by atoms with Crippen molar-refractivity contribution >= 4 is 34.8 Å². The molecule has 2 rings (SSSR count). The van der Waals surface area contributed by atoms with E-state index >= 15 is 0 Å². The average molecular weight is 304 g/mol. The van der Waals surface area contributed by atoms with Crippen molar-refractivity contribution in [1.82, 2.24) is 0 Å². The van der Waals surface area contributed by atoms with Gasteiger partial charge in [0.15, 0.2) is 0 Å². The van der Waals surface area contributed by atoms with Gasteiger partial charge >= 0.3 is 0 Å². The van der Waals surface area contributed by atoms with Crippen LogP contribution < -0.4 is 16.8 Å². The lowest BCUT2D eigenvalue weighted by molar-refractivity contribution is 0.0998. The van der Waals surface area contributed by atoms with Gasteiger partial charge in [0, 0.05) is 16.9 Å². The summed E-state index contributed by atoms with van der Waals surface area (Å²) in [6, 6.07) is 9.54. The number of nitrogens with one attached hydrogen (secondary N) is 1. The molecule has 0 bridgehead atoms. The van der Waals surface area contributed by atoms with Crippen molar-refractivity contribution in [2.75, 3.05) is 11.1 Å². The molecule has 0 saturated heterocycles. The van der Waals surface area contributed by atoms with Gasteiger partial charge in [0.25, 0.3) is 5.91 Å². The quantitative estimate of drug-likeness (QED) is 0.760. The Labute approximate surface area is 126 Å². The van der Waals surface area contributed by atoms with Crippen LogP contribution in [0.5, 0.6) is 0 Å². The van der Waals surface area contributed by atoms with Crippen LogP contribution >= 0.6 is 11.6 Å². The third-order valence-electron chi connectivity index (χ3n) is 3.03. The molecule has 2 aromatic carbocycles. The van der Waals surface area contributed by atoms with Gasteiger partial charge in [0.1, 0.15) is 0 Å². The number of primary amides is 1. The number of carbonyl (C=O) groups excluding carboxylic acids is 2. The number of aryl methyl sites for hydroxylation is 1. The Morgan fingerprint density at radius 3 is 2.43 bits per heavy atom. The van der Waals surface area contributed by atoms with Crippen molar-refractivity contribution in [3.05, 3.63) is 58.1 Å². The highest BCUT2D eigenvalue weighted by Gasteiger charge is 2.10. The summed E-state index contributed by atoms with van der Waals surface area (Å²) in [6.45, 7) is 1.86. The van der Waals surface area contributed by atoms with Gasteiger partial charge in [-0.1, -0.05) is 17.7 Å². The van der Waals surface area contributed by atoms with Crippen LogP contribution in [-0.2, 0) is 0 Å². The molecule has 0 fully saturated rings. The zero-order chi connectivity index (χ0) is 15.6. The minimum Gasteiger partial charge on any atom is -0.398 e. The second kappa shape index (κ2) is 5.85. The van der Waals surface area contributed by atoms with Crippen LogP contribution in [0.4, 0.5) is 11.4 Å². The Balaban J connectivity index is 2.21. The fraction of sp³-hybridized carbons (Fsp3) is 0.0667. The zero-order valence-corrected chi connectivity index (χ0v) is 12.1. The first kappa shape index (κ1) is 14.9. The number of halogens is 1. The number of nitrogens with two attached hydrogens (primary N) is 2. The predicted molar refractivity (Wildman–Crippen MR) is 83.5 cm³/mol. The summed E-state index contributed by atoms with van der Waals surface area (Å²) < 4.78 is 0. The molecule has 6 heteroatoms. The Kier molecular flexibility index (Phi) is 4.14. The van der Waals surface area contributed by atoms with Crippen molar-refractivity contribution in [2.24, 2.45) is 5.73 Å². The van der Waals surface area contributed by atoms with Crippen LogP contribution in [0.25, 0.3) is 0 Å². The molecular formula is C15H14ClN3O2. The van der Waals surface area contributed by atoms with E-state index < -0.39 is 5.91 Å². The topological polar surface area (TPSA) is 98.2 Å². The smallest absolute Gasteiger partial charge is 0.255 e. The molecule has 0 aliphatic carbocycles. The van der Waals surface area contributed by atoms with E-state index in [-0.39, 0.29) is 16.5 Å². The van der Waals surface area contributed by atoms with Crippen LogP contribution in [0, 0.1) is 6.92 Å². The summed E-state index contributed by atoms with van der Waals surface area (Å²) in [7, 11) is 0. The van der Waals surface area contributed by atoms with Gasteiger partial charge in [-0.3, -0.25) is 9.59 Å². The molecule has 21 heavy (non-hydrogen) atoms. The van der Waals surface area contributed by atoms with E-state index in [1.54, 1.807) is 24.3 Å². The number of carbonyl (C=O) groups is 2. The number of benzene rings is 2. The summed E-state index contributed by atoms with van der Waals surface area (Å²) in [5.74, 6) is -0.936. The van der Waals surface area contributed by atoms with E-state index in [4.69, 9.17) is 23.1 Å². The van der Waals surface area contributed by atoms with Crippen LogP contribution in [0.2, 0.25) is 5.02 Å². The lowest BCUT2D eigenvalue weighted by atomic mass is 10.1. The third-order valence-corrected chi connectivity index (χ3v) is 3.35. The van der Waals surface area contributed by atoms with Crippen molar-refractivity contribution in [2.45, 2.75) is 6.92 Å². The maximum absolute atomic E-state index is 12.1. The summed E-state index contributed by atoms with van der Waals surface area (Å²) in [4.78, 5) is 23.2. The van der Waals surface area contributed by atoms with E-state index in [2.05, 4.69) is 5.32 Å². The van der Waals surface area contributed by atoms with E-state index in [1.165, 1.54) is 12.1 Å². The Hall–Kier alpha value is -2.53. The lowest BCUT2D eigenvalue weighted by Gasteiger charge is -2.08. The molecule has 0 radical (unpaired) electrons. The first-order valence-corrected chi connectivity index (χ1v) is 6.53. The molecule has 0 aromatic heterocycles. The molecule has 2 amide bonds. The summed E-state index contributed by atoms with van der Waals surface area (Å²) >= 11 is 5.93. The van der Waals surface area contributed by atoms with Crippen molar-refractivity contribution < 1.29 is 9.59 Å². The van der Waals surface area contributed by atoms with Gasteiger partial charge in [-0.25, -0.2) is 0 Å². The molecule has 5 N–H and O–H groups in total. The monoisotopic (exact) mass is 303 g/mol. The first-order chi connectivity index (χ1) is 9.88. The zero-order valence-electron chi connectivity index (χ0n) is 11.3. The number of hydrogen-bond donors (Lipinski definition) is 3. The SMILES string of the molecule is Cc1ccc(C(=O)Nc2ccc(C(N)=O)c(Cl)c2)cc1N. The van der Waals surface area contributed by atoms with Crippen molar-refractivity contribution in [3.8, 4) is 0 Å². The second-order valence-electron chi connectivity index (χ2n) is 4.58. The number of hydrogen-bond acceptors (Lipinski definition) is 3. The summed E-state index contributed by atoms with van der Waals surface area (Å²) in [5, 5.41) is 2.86. The Bertz CT molecular complexity index is 729. The fourth-order valence-electron chi connectivity index (χ4n) is 1.78. The molecule has 0 unspecified atom stereocenters. The van der Waals surface area contributed by atoms with Crippen molar-refractivity contribution in [3.63, 3.8) is 0 Å². The number of anilines is 2. The van der Waals surface area contributed by atoms with Gasteiger partial charge < -0.3 is 16.8 Å². The van der Waals surface area contributed by atoms with Gasteiger partial charge in [0.2, 0.25) is 5.91 Å². The number of rotatable bonds is 3. The first-order valence-electron chi connectivity index (χ1n) is 6.15. The molecule has 0 saturated carbocycles. The molecular weight excluding hydrogens is 290 g/mol. The number of nitrogen functional groups attached to an aromatic ring is 1. The van der Waals surface area contributed by atoms with Crippen LogP contribution in [0.1, 0.15) is 26.3 Å². The molecule has 0 spiro atoms. The molecule has 5 nitrogen and oxygen atoms in total. The number of amides is 2. The van der Waals surface area contributed by atoms with E-state index in [0.717, 1.165) is 5.56 Å². The standard InChI is InChI=1S/C15H14ClN3O2/c1-8-2-3-9(6-13(8)17)15(21)19-10-4-5-11(14(18)20)12(16)7-10/h2-7H,17H2,1H3,(H2,18,20)(H,19,21). The van der Waals surface area contributed by atoms with Crippen LogP contribution in [0.3, 0.4) is 0 Å². The second-order valence-corrected chi connectivity index (χ2v) is 4.99. The highest BCUT2D eigenvalue weighted by Crippen LogP contribution is 2.21. The highest BCUT2D eigenvalue weighted by molar-refractivity contribution is 6.34. The Morgan fingerprint density at radius 1 is 1.14 bits per heavy atom.